The number of hydrogen-bond acceptors (Lipinski definition) is 2. The van der Waals surface area contributed by atoms with Gasteiger partial charge in [-0.05, 0) is 49.5 Å². The van der Waals surface area contributed by atoms with Crippen LogP contribution in [0.15, 0.2) is 24.4 Å². The highest BCUT2D eigenvalue weighted by atomic mass is 16.5. The summed E-state index contributed by atoms with van der Waals surface area (Å²) in [6.07, 6.45) is 5.00. The lowest BCUT2D eigenvalue weighted by atomic mass is 9.81. The molecule has 1 saturated heterocycles. The predicted octanol–water partition coefficient (Wildman–Crippen LogP) is 3.56. The van der Waals surface area contributed by atoms with Crippen molar-refractivity contribution < 1.29 is 4.74 Å². The van der Waals surface area contributed by atoms with Gasteiger partial charge < -0.3 is 14.2 Å². The van der Waals surface area contributed by atoms with E-state index in [1.165, 1.54) is 53.7 Å². The van der Waals surface area contributed by atoms with E-state index in [4.69, 9.17) is 4.74 Å². The maximum atomic E-state index is 5.44. The Morgan fingerprint density at radius 3 is 2.57 bits per heavy atom. The van der Waals surface area contributed by atoms with Crippen molar-refractivity contribution in [3.63, 3.8) is 0 Å². The number of aryl methyl sites for hydroxylation is 1. The lowest BCUT2D eigenvalue weighted by Crippen LogP contribution is -2.35. The van der Waals surface area contributed by atoms with Crippen LogP contribution in [0, 0.1) is 12.8 Å². The molecule has 0 N–H and O–H groups in total. The van der Waals surface area contributed by atoms with Crippen LogP contribution in [0.3, 0.4) is 0 Å². The first-order chi connectivity index (χ1) is 10.2. The van der Waals surface area contributed by atoms with Crippen molar-refractivity contribution in [1.29, 1.82) is 0 Å². The number of piperidine rings is 1. The molecule has 5 rings (SSSR count). The number of rotatable bonds is 2. The topological polar surface area (TPSA) is 17.4 Å². The van der Waals surface area contributed by atoms with Crippen LogP contribution in [0.1, 0.15) is 24.1 Å². The van der Waals surface area contributed by atoms with E-state index in [9.17, 15) is 0 Å². The second-order valence-corrected chi connectivity index (χ2v) is 6.30. The van der Waals surface area contributed by atoms with Crippen molar-refractivity contribution in [3.8, 4) is 5.75 Å². The van der Waals surface area contributed by atoms with Gasteiger partial charge in [0.15, 0.2) is 0 Å². The van der Waals surface area contributed by atoms with E-state index in [0.717, 1.165) is 11.7 Å². The molecule has 0 aliphatic carbocycles. The second kappa shape index (κ2) is 4.55. The lowest BCUT2D eigenvalue weighted by molar-refractivity contribution is 0.252. The Bertz CT molecular complexity index is 733. The van der Waals surface area contributed by atoms with Crippen LogP contribution in [0.2, 0.25) is 0 Å². The fourth-order valence-corrected chi connectivity index (χ4v) is 3.95. The van der Waals surface area contributed by atoms with Gasteiger partial charge in [0.2, 0.25) is 0 Å². The highest BCUT2D eigenvalue weighted by Gasteiger charge is 2.30. The first kappa shape index (κ1) is 12.8. The molecular formula is C18H22N2O. The molecule has 2 aromatic rings. The molecule has 3 aliphatic rings. The van der Waals surface area contributed by atoms with Gasteiger partial charge in [-0.25, -0.2) is 0 Å². The summed E-state index contributed by atoms with van der Waals surface area (Å²) >= 11 is 0. The SMILES string of the molecule is COc1ccc2c(c1)c(C1=CN3CCC1CC3)c(C)n2C. The fraction of sp³-hybridized carbons (Fsp3) is 0.444. The molecule has 21 heavy (non-hydrogen) atoms. The summed E-state index contributed by atoms with van der Waals surface area (Å²) in [6, 6.07) is 6.42. The molecule has 0 atom stereocenters. The molecule has 4 heterocycles. The summed E-state index contributed by atoms with van der Waals surface area (Å²) in [5, 5.41) is 1.33. The third kappa shape index (κ3) is 1.80. The lowest BCUT2D eigenvalue weighted by Gasteiger charge is -2.39. The number of benzene rings is 1. The Kier molecular flexibility index (Phi) is 2.78. The standard InChI is InChI=1S/C18H22N2O/c1-12-18(16-11-20-8-6-13(16)7-9-20)15-10-14(21-3)4-5-17(15)19(12)2/h4-5,10-11,13H,6-9H2,1-3H3. The van der Waals surface area contributed by atoms with Gasteiger partial charge in [0.1, 0.15) is 5.75 Å². The number of methoxy groups -OCH3 is 1. The maximum absolute atomic E-state index is 5.44. The van der Waals surface area contributed by atoms with E-state index < -0.39 is 0 Å². The number of nitrogens with zero attached hydrogens (tertiary/aromatic N) is 2. The minimum atomic E-state index is 0.727. The van der Waals surface area contributed by atoms with Crippen LogP contribution in [0.4, 0.5) is 0 Å². The molecule has 1 fully saturated rings. The van der Waals surface area contributed by atoms with Crippen molar-refractivity contribution >= 4 is 16.5 Å². The van der Waals surface area contributed by atoms with Crippen molar-refractivity contribution in [3.05, 3.63) is 35.7 Å². The van der Waals surface area contributed by atoms with E-state index in [0.29, 0.717) is 0 Å². The van der Waals surface area contributed by atoms with Crippen LogP contribution >= 0.6 is 0 Å². The molecule has 3 aliphatic heterocycles. The van der Waals surface area contributed by atoms with E-state index in [2.05, 4.69) is 47.8 Å². The van der Waals surface area contributed by atoms with Gasteiger partial charge in [-0.3, -0.25) is 0 Å². The largest absolute Gasteiger partial charge is 0.497 e. The minimum Gasteiger partial charge on any atom is -0.497 e. The number of aromatic nitrogens is 1. The third-order valence-corrected chi connectivity index (χ3v) is 5.28. The van der Waals surface area contributed by atoms with Gasteiger partial charge in [0, 0.05) is 48.5 Å². The van der Waals surface area contributed by atoms with Crippen molar-refractivity contribution in [1.82, 2.24) is 9.47 Å². The van der Waals surface area contributed by atoms with Crippen LogP contribution < -0.4 is 4.74 Å². The van der Waals surface area contributed by atoms with Gasteiger partial charge in [0.25, 0.3) is 0 Å². The number of allylic oxidation sites excluding steroid dienone is 1. The van der Waals surface area contributed by atoms with Crippen LogP contribution in [0.5, 0.6) is 5.75 Å². The smallest absolute Gasteiger partial charge is 0.119 e. The average Bonchev–Trinajstić information content (AvgIpc) is 2.79. The van der Waals surface area contributed by atoms with Gasteiger partial charge >= 0.3 is 0 Å². The van der Waals surface area contributed by atoms with E-state index in [1.807, 2.05) is 0 Å². The van der Waals surface area contributed by atoms with Crippen molar-refractivity contribution in [2.24, 2.45) is 13.0 Å². The van der Waals surface area contributed by atoms with Crippen LogP contribution in [0.25, 0.3) is 16.5 Å². The van der Waals surface area contributed by atoms with Crippen molar-refractivity contribution in [2.75, 3.05) is 20.2 Å². The zero-order chi connectivity index (χ0) is 14.6. The fourth-order valence-electron chi connectivity index (χ4n) is 3.95. The quantitative estimate of drug-likeness (QED) is 0.838. The molecule has 3 nitrogen and oxygen atoms in total. The van der Waals surface area contributed by atoms with E-state index in [-0.39, 0.29) is 0 Å². The zero-order valence-corrected chi connectivity index (χ0v) is 13.0. The Labute approximate surface area is 125 Å². The number of hydrogen-bond donors (Lipinski definition) is 0. The molecular weight excluding hydrogens is 260 g/mol. The maximum Gasteiger partial charge on any atom is 0.119 e. The van der Waals surface area contributed by atoms with Gasteiger partial charge in [-0.2, -0.15) is 0 Å². The molecule has 0 radical (unpaired) electrons. The predicted molar refractivity (Wildman–Crippen MR) is 86.5 cm³/mol. The normalized spacial score (nSPS) is 18.4. The summed E-state index contributed by atoms with van der Waals surface area (Å²) in [6.45, 7) is 4.68. The Balaban J connectivity index is 1.97. The summed E-state index contributed by atoms with van der Waals surface area (Å²) in [7, 11) is 3.90. The van der Waals surface area contributed by atoms with Crippen LogP contribution in [-0.4, -0.2) is 29.7 Å². The molecule has 0 saturated carbocycles. The average molecular weight is 282 g/mol. The first-order valence-electron chi connectivity index (χ1n) is 7.78. The monoisotopic (exact) mass is 282 g/mol. The summed E-state index contributed by atoms with van der Waals surface area (Å²) in [4.78, 5) is 2.48. The first-order valence-corrected chi connectivity index (χ1v) is 7.78. The molecule has 2 bridgehead atoms. The summed E-state index contributed by atoms with van der Waals surface area (Å²) < 4.78 is 7.74. The summed E-state index contributed by atoms with van der Waals surface area (Å²) in [5.74, 6) is 1.67. The molecule has 0 amide bonds. The minimum absolute atomic E-state index is 0.727. The summed E-state index contributed by atoms with van der Waals surface area (Å²) in [5.41, 5.74) is 5.61. The molecule has 0 spiro atoms. The van der Waals surface area contributed by atoms with E-state index in [1.54, 1.807) is 7.11 Å². The van der Waals surface area contributed by atoms with Crippen LogP contribution in [-0.2, 0) is 7.05 Å². The van der Waals surface area contributed by atoms with Gasteiger partial charge in [-0.15, -0.1) is 0 Å². The van der Waals surface area contributed by atoms with Crippen molar-refractivity contribution in [2.45, 2.75) is 19.8 Å². The highest BCUT2D eigenvalue weighted by molar-refractivity contribution is 5.96. The highest BCUT2D eigenvalue weighted by Crippen LogP contribution is 2.42. The number of ether oxygens (including phenoxy) is 1. The Morgan fingerprint density at radius 1 is 1.19 bits per heavy atom. The Hall–Kier alpha value is -1.90. The van der Waals surface area contributed by atoms with Gasteiger partial charge in [-0.1, -0.05) is 0 Å². The molecule has 1 aromatic heterocycles. The molecule has 110 valence electrons. The molecule has 3 heteroatoms. The zero-order valence-electron chi connectivity index (χ0n) is 13.0. The second-order valence-electron chi connectivity index (χ2n) is 6.30. The van der Waals surface area contributed by atoms with E-state index >= 15 is 0 Å². The molecule has 1 aromatic carbocycles. The number of fused-ring (bicyclic) bond motifs is 3. The molecule has 0 unspecified atom stereocenters. The Morgan fingerprint density at radius 2 is 1.95 bits per heavy atom. The third-order valence-electron chi connectivity index (χ3n) is 5.28. The van der Waals surface area contributed by atoms with Gasteiger partial charge in [0.05, 0.1) is 7.11 Å².